The average molecular weight is 288 g/mol. The first-order valence-corrected chi connectivity index (χ1v) is 7.32. The lowest BCUT2D eigenvalue weighted by Gasteiger charge is -2.23. The number of nitrogens with one attached hydrogen (secondary N) is 1. The van der Waals surface area contributed by atoms with E-state index in [9.17, 15) is 4.39 Å². The third-order valence-electron chi connectivity index (χ3n) is 3.16. The van der Waals surface area contributed by atoms with Gasteiger partial charge in [-0.15, -0.1) is 0 Å². The fourth-order valence-corrected chi connectivity index (χ4v) is 2.15. The van der Waals surface area contributed by atoms with Gasteiger partial charge in [-0.05, 0) is 38.1 Å². The Balaban J connectivity index is 2.40. The van der Waals surface area contributed by atoms with Crippen molar-refractivity contribution in [3.05, 3.63) is 42.0 Å². The van der Waals surface area contributed by atoms with Gasteiger partial charge in [0.05, 0.1) is 0 Å². The molecule has 0 bridgehead atoms. The second kappa shape index (κ2) is 7.02. The third kappa shape index (κ3) is 3.68. The smallest absolute Gasteiger partial charge is 0.138 e. The zero-order chi connectivity index (χ0) is 15.2. The van der Waals surface area contributed by atoms with Gasteiger partial charge in [0, 0.05) is 31.3 Å². The third-order valence-corrected chi connectivity index (χ3v) is 3.16. The van der Waals surface area contributed by atoms with Gasteiger partial charge in [0.1, 0.15) is 23.3 Å². The summed E-state index contributed by atoms with van der Waals surface area (Å²) in [7, 11) is 0. The summed E-state index contributed by atoms with van der Waals surface area (Å²) in [5.41, 5.74) is 0.919. The van der Waals surface area contributed by atoms with Crippen molar-refractivity contribution in [2.45, 2.75) is 27.2 Å². The SMILES string of the molecule is CCNc1cc(N(CC)c2ccc(F)cc2)nc(CC)n1. The van der Waals surface area contributed by atoms with Crippen LogP contribution in [0.5, 0.6) is 0 Å². The van der Waals surface area contributed by atoms with Gasteiger partial charge in [-0.25, -0.2) is 14.4 Å². The minimum Gasteiger partial charge on any atom is -0.370 e. The van der Waals surface area contributed by atoms with Gasteiger partial charge in [0.25, 0.3) is 0 Å². The molecule has 0 aliphatic heterocycles. The molecule has 0 aliphatic rings. The Hall–Kier alpha value is -2.17. The Kier molecular flexibility index (Phi) is 5.09. The molecule has 112 valence electrons. The van der Waals surface area contributed by atoms with E-state index in [1.54, 1.807) is 12.1 Å². The van der Waals surface area contributed by atoms with E-state index < -0.39 is 0 Å². The van der Waals surface area contributed by atoms with E-state index in [-0.39, 0.29) is 5.82 Å². The standard InChI is InChI=1S/C16H21FN4/c1-4-14-19-15(18-5-2)11-16(20-14)21(6-3)13-9-7-12(17)8-10-13/h7-11H,4-6H2,1-3H3,(H,18,19,20). The lowest BCUT2D eigenvalue weighted by molar-refractivity contribution is 0.627. The van der Waals surface area contributed by atoms with Crippen LogP contribution in [0, 0.1) is 5.82 Å². The van der Waals surface area contributed by atoms with E-state index >= 15 is 0 Å². The Morgan fingerprint density at radius 2 is 1.81 bits per heavy atom. The van der Waals surface area contributed by atoms with Crippen molar-refractivity contribution < 1.29 is 4.39 Å². The summed E-state index contributed by atoms with van der Waals surface area (Å²) in [4.78, 5) is 11.1. The Labute approximate surface area is 125 Å². The van der Waals surface area contributed by atoms with E-state index in [0.717, 1.165) is 42.7 Å². The number of nitrogens with zero attached hydrogens (tertiary/aromatic N) is 3. The van der Waals surface area contributed by atoms with E-state index in [0.29, 0.717) is 0 Å². The molecule has 0 aliphatic carbocycles. The summed E-state index contributed by atoms with van der Waals surface area (Å²) in [6, 6.07) is 8.38. The van der Waals surface area contributed by atoms with Crippen molar-refractivity contribution >= 4 is 17.3 Å². The van der Waals surface area contributed by atoms with Crippen LogP contribution in [0.1, 0.15) is 26.6 Å². The summed E-state index contributed by atoms with van der Waals surface area (Å²) < 4.78 is 13.1. The predicted molar refractivity (Wildman–Crippen MR) is 84.7 cm³/mol. The van der Waals surface area contributed by atoms with Crippen molar-refractivity contribution in [3.8, 4) is 0 Å². The van der Waals surface area contributed by atoms with E-state index in [4.69, 9.17) is 0 Å². The van der Waals surface area contributed by atoms with Crippen LogP contribution >= 0.6 is 0 Å². The van der Waals surface area contributed by atoms with Crippen LogP contribution in [-0.4, -0.2) is 23.1 Å². The van der Waals surface area contributed by atoms with Crippen LogP contribution in [-0.2, 0) is 6.42 Å². The maximum Gasteiger partial charge on any atom is 0.138 e. The fourth-order valence-electron chi connectivity index (χ4n) is 2.15. The molecule has 0 atom stereocenters. The number of benzene rings is 1. The predicted octanol–water partition coefficient (Wildman–Crippen LogP) is 3.77. The molecular formula is C16H21FN4. The molecule has 1 N–H and O–H groups in total. The van der Waals surface area contributed by atoms with Crippen LogP contribution in [0.4, 0.5) is 21.7 Å². The number of aromatic nitrogens is 2. The van der Waals surface area contributed by atoms with Gasteiger partial charge in [-0.2, -0.15) is 0 Å². The average Bonchev–Trinajstić information content (AvgIpc) is 2.50. The largest absolute Gasteiger partial charge is 0.370 e. The molecule has 5 heteroatoms. The lowest BCUT2D eigenvalue weighted by Crippen LogP contribution is -2.19. The number of hydrogen-bond donors (Lipinski definition) is 1. The lowest BCUT2D eigenvalue weighted by atomic mass is 10.2. The van der Waals surface area contributed by atoms with Gasteiger partial charge >= 0.3 is 0 Å². The Bertz CT molecular complexity index is 583. The van der Waals surface area contributed by atoms with E-state index in [2.05, 4.69) is 15.3 Å². The van der Waals surface area contributed by atoms with Crippen LogP contribution in [0.15, 0.2) is 30.3 Å². The monoisotopic (exact) mass is 288 g/mol. The molecule has 4 nitrogen and oxygen atoms in total. The first-order chi connectivity index (χ1) is 10.2. The summed E-state index contributed by atoms with van der Waals surface area (Å²) in [5, 5.41) is 3.22. The number of rotatable bonds is 6. The zero-order valence-electron chi connectivity index (χ0n) is 12.7. The second-order valence-electron chi connectivity index (χ2n) is 4.63. The molecule has 0 unspecified atom stereocenters. The first kappa shape index (κ1) is 15.2. The molecule has 0 spiro atoms. The van der Waals surface area contributed by atoms with Gasteiger partial charge in [-0.3, -0.25) is 0 Å². The topological polar surface area (TPSA) is 41.0 Å². The molecule has 0 saturated carbocycles. The second-order valence-corrected chi connectivity index (χ2v) is 4.63. The van der Waals surface area contributed by atoms with Gasteiger partial charge in [0.15, 0.2) is 0 Å². The van der Waals surface area contributed by atoms with Crippen LogP contribution in [0.2, 0.25) is 0 Å². The molecule has 0 saturated heterocycles. The highest BCUT2D eigenvalue weighted by atomic mass is 19.1. The summed E-state index contributed by atoms with van der Waals surface area (Å²) in [5.74, 6) is 2.20. The number of halogens is 1. The van der Waals surface area contributed by atoms with Crippen LogP contribution < -0.4 is 10.2 Å². The molecule has 0 fully saturated rings. The molecular weight excluding hydrogens is 267 g/mol. The Morgan fingerprint density at radius 1 is 1.10 bits per heavy atom. The maximum absolute atomic E-state index is 13.1. The molecule has 21 heavy (non-hydrogen) atoms. The maximum atomic E-state index is 13.1. The van der Waals surface area contributed by atoms with Crippen molar-refractivity contribution in [1.29, 1.82) is 0 Å². The van der Waals surface area contributed by atoms with Crippen molar-refractivity contribution in [2.24, 2.45) is 0 Å². The molecule has 2 aromatic rings. The van der Waals surface area contributed by atoms with Gasteiger partial charge in [0.2, 0.25) is 0 Å². The van der Waals surface area contributed by atoms with Crippen molar-refractivity contribution in [2.75, 3.05) is 23.3 Å². The molecule has 0 amide bonds. The molecule has 1 aromatic carbocycles. The molecule has 1 heterocycles. The first-order valence-electron chi connectivity index (χ1n) is 7.32. The number of hydrogen-bond acceptors (Lipinski definition) is 4. The van der Waals surface area contributed by atoms with E-state index in [1.807, 2.05) is 31.7 Å². The quantitative estimate of drug-likeness (QED) is 0.878. The zero-order valence-corrected chi connectivity index (χ0v) is 12.7. The minimum atomic E-state index is -0.236. The minimum absolute atomic E-state index is 0.236. The summed E-state index contributed by atoms with van der Waals surface area (Å²) in [6.45, 7) is 7.66. The van der Waals surface area contributed by atoms with Crippen LogP contribution in [0.25, 0.3) is 0 Å². The molecule has 0 radical (unpaired) electrons. The molecule has 2 rings (SSSR count). The highest BCUT2D eigenvalue weighted by molar-refractivity contribution is 5.62. The summed E-state index contributed by atoms with van der Waals surface area (Å²) in [6.07, 6.45) is 0.771. The van der Waals surface area contributed by atoms with Crippen molar-refractivity contribution in [1.82, 2.24) is 9.97 Å². The fraction of sp³-hybridized carbons (Fsp3) is 0.375. The van der Waals surface area contributed by atoms with Crippen LogP contribution in [0.3, 0.4) is 0 Å². The van der Waals surface area contributed by atoms with Gasteiger partial charge in [-0.1, -0.05) is 6.92 Å². The molecule has 1 aromatic heterocycles. The highest BCUT2D eigenvalue weighted by Crippen LogP contribution is 2.25. The number of aryl methyl sites for hydroxylation is 1. The van der Waals surface area contributed by atoms with E-state index in [1.165, 1.54) is 12.1 Å². The normalized spacial score (nSPS) is 10.5. The number of anilines is 3. The van der Waals surface area contributed by atoms with Gasteiger partial charge < -0.3 is 10.2 Å². The Morgan fingerprint density at radius 3 is 2.38 bits per heavy atom. The summed E-state index contributed by atoms with van der Waals surface area (Å²) >= 11 is 0. The highest BCUT2D eigenvalue weighted by Gasteiger charge is 2.12. The van der Waals surface area contributed by atoms with Crippen molar-refractivity contribution in [3.63, 3.8) is 0 Å².